The number of nitrogens with zero attached hydrogens (tertiary/aromatic N) is 1. The lowest BCUT2D eigenvalue weighted by Crippen LogP contribution is -2.32. The molecule has 0 aromatic rings. The summed E-state index contributed by atoms with van der Waals surface area (Å²) in [5.74, 6) is -0.429. The van der Waals surface area contributed by atoms with E-state index >= 15 is 0 Å². The molecule has 90 valence electrons. The highest BCUT2D eigenvalue weighted by molar-refractivity contribution is 7.79. The fourth-order valence-corrected chi connectivity index (χ4v) is 0.518. The molecule has 0 fully saturated rings. The molecule has 0 rings (SSSR count). The number of carbonyl (C=O) groups is 1. The average molecular weight is 240 g/mol. The number of amides is 1. The zero-order chi connectivity index (χ0) is 12.8. The van der Waals surface area contributed by atoms with Crippen molar-refractivity contribution in [1.29, 1.82) is 0 Å². The third kappa shape index (κ3) is 13.0. The van der Waals surface area contributed by atoms with Gasteiger partial charge in [0.1, 0.15) is 0 Å². The summed E-state index contributed by atoms with van der Waals surface area (Å²) in [6.45, 7) is 5.44. The van der Waals surface area contributed by atoms with E-state index in [1.807, 2.05) is 25.9 Å². The van der Waals surface area contributed by atoms with Gasteiger partial charge in [0.2, 0.25) is 5.91 Å². The molecule has 0 aliphatic carbocycles. The topological polar surface area (TPSA) is 121 Å². The van der Waals surface area contributed by atoms with Crippen molar-refractivity contribution < 1.29 is 22.3 Å². The van der Waals surface area contributed by atoms with Crippen molar-refractivity contribution in [2.75, 3.05) is 14.1 Å². The van der Waals surface area contributed by atoms with Gasteiger partial charge in [-0.2, -0.15) is 8.42 Å². The van der Waals surface area contributed by atoms with Crippen LogP contribution >= 0.6 is 0 Å². The zero-order valence-corrected chi connectivity index (χ0v) is 9.65. The molecular weight excluding hydrogens is 224 g/mol. The summed E-state index contributed by atoms with van der Waals surface area (Å²) < 4.78 is 31.6. The highest BCUT2D eigenvalue weighted by Gasteiger charge is 2.12. The number of nitrogens with two attached hydrogens (primary N) is 1. The number of carbonyl (C=O) groups excluding carboxylic acids is 1. The Morgan fingerprint density at radius 1 is 1.40 bits per heavy atom. The first kappa shape index (κ1) is 16.5. The lowest BCUT2D eigenvalue weighted by Gasteiger charge is -2.19. The molecule has 7 nitrogen and oxygen atoms in total. The van der Waals surface area contributed by atoms with Gasteiger partial charge in [0.25, 0.3) is 0 Å². The molecule has 0 spiro atoms. The average Bonchev–Trinajstić information content (AvgIpc) is 1.98. The molecule has 1 unspecified atom stereocenters. The Balaban J connectivity index is 0. The molecule has 0 bridgehead atoms. The number of primary amides is 1. The maximum Gasteiger partial charge on any atom is 0.394 e. The van der Waals surface area contributed by atoms with Crippen LogP contribution < -0.4 is 5.73 Å². The molecule has 0 aliphatic heterocycles. The Bertz CT molecular complexity index is 314. The molecule has 0 radical (unpaired) electrons. The van der Waals surface area contributed by atoms with Crippen LogP contribution in [0, 0.1) is 0 Å². The molecule has 0 aromatic carbocycles. The summed E-state index contributed by atoms with van der Waals surface area (Å²) in [7, 11) is -0.919. The van der Waals surface area contributed by atoms with E-state index in [0.717, 1.165) is 0 Å². The minimum Gasteiger partial charge on any atom is -0.366 e. The predicted molar refractivity (Wildman–Crippen MR) is 55.7 cm³/mol. The van der Waals surface area contributed by atoms with Crippen molar-refractivity contribution in [3.63, 3.8) is 0 Å². The van der Waals surface area contributed by atoms with Crippen LogP contribution in [0.5, 0.6) is 0 Å². The summed E-state index contributed by atoms with van der Waals surface area (Å²) in [6.07, 6.45) is 0. The summed E-state index contributed by atoms with van der Waals surface area (Å²) in [5.41, 5.74) is 5.46. The van der Waals surface area contributed by atoms with E-state index in [9.17, 15) is 4.79 Å². The monoisotopic (exact) mass is 240 g/mol. The van der Waals surface area contributed by atoms with Crippen molar-refractivity contribution in [1.82, 2.24) is 4.90 Å². The minimum absolute atomic E-state index is 0.0255. The maximum absolute atomic E-state index is 10.5. The van der Waals surface area contributed by atoms with Crippen LogP contribution in [0.2, 0.25) is 0 Å². The standard InChI is InChI=1S/C7H14N2O.H2O4S/c1-5(7(8)10)6(2)9(3)4;1-5(2,3)4/h6H,1H2,2-4H3,(H2,8,10);(H2,1,2,3,4). The van der Waals surface area contributed by atoms with E-state index in [-0.39, 0.29) is 6.04 Å². The van der Waals surface area contributed by atoms with Crippen molar-refractivity contribution in [3.8, 4) is 0 Å². The van der Waals surface area contributed by atoms with Crippen molar-refractivity contribution >= 4 is 16.3 Å². The lowest BCUT2D eigenvalue weighted by atomic mass is 10.1. The van der Waals surface area contributed by atoms with Crippen LogP contribution in [0.4, 0.5) is 0 Å². The van der Waals surface area contributed by atoms with Gasteiger partial charge >= 0.3 is 10.4 Å². The van der Waals surface area contributed by atoms with E-state index in [1.165, 1.54) is 0 Å². The minimum atomic E-state index is -4.67. The first-order chi connectivity index (χ1) is 6.46. The first-order valence-electron chi connectivity index (χ1n) is 3.81. The Morgan fingerprint density at radius 2 is 1.67 bits per heavy atom. The number of rotatable bonds is 3. The van der Waals surface area contributed by atoms with Gasteiger partial charge < -0.3 is 10.6 Å². The van der Waals surface area contributed by atoms with Gasteiger partial charge in [-0.05, 0) is 21.0 Å². The molecule has 0 saturated carbocycles. The lowest BCUT2D eigenvalue weighted by molar-refractivity contribution is -0.115. The third-order valence-electron chi connectivity index (χ3n) is 1.60. The summed E-state index contributed by atoms with van der Waals surface area (Å²) in [5, 5.41) is 0. The number of hydrogen-bond donors (Lipinski definition) is 3. The summed E-state index contributed by atoms with van der Waals surface area (Å²) >= 11 is 0. The van der Waals surface area contributed by atoms with E-state index in [1.54, 1.807) is 0 Å². The normalized spacial score (nSPS) is 12.7. The summed E-state index contributed by atoms with van der Waals surface area (Å²) in [4.78, 5) is 12.4. The molecule has 0 saturated heterocycles. The summed E-state index contributed by atoms with van der Waals surface area (Å²) in [6, 6.07) is 0.0255. The van der Waals surface area contributed by atoms with Crippen LogP contribution in [0.15, 0.2) is 12.2 Å². The van der Waals surface area contributed by atoms with E-state index in [0.29, 0.717) is 5.57 Å². The van der Waals surface area contributed by atoms with Gasteiger partial charge in [0.15, 0.2) is 0 Å². The van der Waals surface area contributed by atoms with E-state index in [4.69, 9.17) is 23.3 Å². The SMILES string of the molecule is C=C(C(N)=O)C(C)N(C)C.O=S(=O)(O)O. The highest BCUT2D eigenvalue weighted by atomic mass is 32.3. The van der Waals surface area contributed by atoms with Gasteiger partial charge in [-0.25, -0.2) is 0 Å². The van der Waals surface area contributed by atoms with Crippen LogP contribution in [-0.2, 0) is 15.2 Å². The molecular formula is C7H16N2O5S. The molecule has 0 aromatic heterocycles. The molecule has 1 atom stereocenters. The fraction of sp³-hybridized carbons (Fsp3) is 0.571. The smallest absolute Gasteiger partial charge is 0.366 e. The molecule has 4 N–H and O–H groups in total. The maximum atomic E-state index is 10.5. The molecule has 8 heteroatoms. The first-order valence-corrected chi connectivity index (χ1v) is 5.21. The number of likely N-dealkylation sites (N-methyl/N-ethyl adjacent to an activating group) is 1. The number of hydrogen-bond acceptors (Lipinski definition) is 4. The van der Waals surface area contributed by atoms with Crippen molar-refractivity contribution in [2.45, 2.75) is 13.0 Å². The van der Waals surface area contributed by atoms with E-state index < -0.39 is 16.3 Å². The zero-order valence-electron chi connectivity index (χ0n) is 8.84. The third-order valence-corrected chi connectivity index (χ3v) is 1.60. The Morgan fingerprint density at radius 3 is 1.73 bits per heavy atom. The van der Waals surface area contributed by atoms with Crippen molar-refractivity contribution in [2.24, 2.45) is 5.73 Å². The Labute approximate surface area is 89.1 Å². The fourth-order valence-electron chi connectivity index (χ4n) is 0.518. The van der Waals surface area contributed by atoms with Gasteiger partial charge in [0, 0.05) is 11.6 Å². The van der Waals surface area contributed by atoms with Crippen LogP contribution in [0.3, 0.4) is 0 Å². The Kier molecular flexibility index (Phi) is 7.15. The van der Waals surface area contributed by atoms with Gasteiger partial charge in [-0.1, -0.05) is 6.58 Å². The second-order valence-corrected chi connectivity index (χ2v) is 3.87. The Hall–Kier alpha value is -0.960. The molecule has 0 heterocycles. The van der Waals surface area contributed by atoms with E-state index in [2.05, 4.69) is 6.58 Å². The molecule has 1 amide bonds. The van der Waals surface area contributed by atoms with Crippen LogP contribution in [0.1, 0.15) is 6.92 Å². The van der Waals surface area contributed by atoms with Gasteiger partial charge in [-0.3, -0.25) is 13.9 Å². The second-order valence-electron chi connectivity index (χ2n) is 2.98. The van der Waals surface area contributed by atoms with Crippen LogP contribution in [-0.4, -0.2) is 48.5 Å². The molecule has 15 heavy (non-hydrogen) atoms. The van der Waals surface area contributed by atoms with Gasteiger partial charge in [-0.15, -0.1) is 0 Å². The largest absolute Gasteiger partial charge is 0.394 e. The van der Waals surface area contributed by atoms with Gasteiger partial charge in [0.05, 0.1) is 0 Å². The second kappa shape index (κ2) is 6.51. The molecule has 0 aliphatic rings. The van der Waals surface area contributed by atoms with Crippen LogP contribution in [0.25, 0.3) is 0 Å². The predicted octanol–water partition coefficient (Wildman–Crippen LogP) is -0.675. The quantitative estimate of drug-likeness (QED) is 0.444. The highest BCUT2D eigenvalue weighted by Crippen LogP contribution is 2.02. The van der Waals surface area contributed by atoms with Crippen molar-refractivity contribution in [3.05, 3.63) is 12.2 Å².